The molecule has 25 heavy (non-hydrogen) atoms. The number of aliphatic hydroxyl groups excluding tert-OH is 1. The number of aryl methyl sites for hydroxylation is 2. The molecule has 0 saturated heterocycles. The van der Waals surface area contributed by atoms with Gasteiger partial charge in [-0.2, -0.15) is 10.1 Å². The molecule has 1 aromatic carbocycles. The molecule has 0 radical (unpaired) electrons. The predicted octanol–water partition coefficient (Wildman–Crippen LogP) is 3.35. The van der Waals surface area contributed by atoms with Crippen LogP contribution in [0.25, 0.3) is 5.95 Å². The van der Waals surface area contributed by atoms with Gasteiger partial charge in [-0.1, -0.05) is 0 Å². The van der Waals surface area contributed by atoms with E-state index in [1.54, 1.807) is 6.92 Å². The molecule has 0 amide bonds. The maximum absolute atomic E-state index is 13.9. The van der Waals surface area contributed by atoms with E-state index in [4.69, 9.17) is 0 Å². The number of benzene rings is 1. The Morgan fingerprint density at radius 1 is 1.12 bits per heavy atom. The number of rotatable bonds is 4. The van der Waals surface area contributed by atoms with E-state index in [1.807, 2.05) is 19.9 Å². The van der Waals surface area contributed by atoms with E-state index in [0.29, 0.717) is 5.69 Å². The van der Waals surface area contributed by atoms with Gasteiger partial charge in [0.25, 0.3) is 5.95 Å². The van der Waals surface area contributed by atoms with Gasteiger partial charge >= 0.3 is 0 Å². The third-order valence-corrected chi connectivity index (χ3v) is 3.56. The van der Waals surface area contributed by atoms with Crippen molar-refractivity contribution in [1.82, 2.24) is 19.7 Å². The molecule has 0 saturated carbocycles. The van der Waals surface area contributed by atoms with E-state index in [-0.39, 0.29) is 17.5 Å². The van der Waals surface area contributed by atoms with E-state index < -0.39 is 17.7 Å². The van der Waals surface area contributed by atoms with Crippen LogP contribution in [0.5, 0.6) is 0 Å². The molecule has 2 heterocycles. The number of hydrogen-bond donors (Lipinski definition) is 2. The van der Waals surface area contributed by atoms with Gasteiger partial charge in [0, 0.05) is 17.8 Å². The molecule has 3 rings (SSSR count). The summed E-state index contributed by atoms with van der Waals surface area (Å²) in [5, 5.41) is 17.0. The molecule has 0 aliphatic rings. The Bertz CT molecular complexity index is 923. The Morgan fingerprint density at radius 3 is 2.48 bits per heavy atom. The van der Waals surface area contributed by atoms with Crippen molar-refractivity contribution in [3.63, 3.8) is 0 Å². The van der Waals surface area contributed by atoms with Crippen molar-refractivity contribution in [2.45, 2.75) is 26.9 Å². The van der Waals surface area contributed by atoms with E-state index in [2.05, 4.69) is 20.4 Å². The molecule has 0 aliphatic heterocycles. The van der Waals surface area contributed by atoms with Crippen LogP contribution in [0.1, 0.15) is 30.1 Å². The molecule has 0 aliphatic carbocycles. The van der Waals surface area contributed by atoms with Gasteiger partial charge in [-0.3, -0.25) is 0 Å². The van der Waals surface area contributed by atoms with Crippen LogP contribution in [-0.2, 0) is 0 Å². The van der Waals surface area contributed by atoms with Crippen molar-refractivity contribution in [2.75, 3.05) is 5.32 Å². The number of aromatic nitrogens is 4. The number of aliphatic hydroxyl groups is 1. The van der Waals surface area contributed by atoms with Gasteiger partial charge in [-0.05, 0) is 39.0 Å². The molecule has 2 N–H and O–H groups in total. The fourth-order valence-electron chi connectivity index (χ4n) is 2.39. The van der Waals surface area contributed by atoms with E-state index in [0.717, 1.165) is 23.5 Å². The zero-order chi connectivity index (χ0) is 18.1. The molecule has 0 fully saturated rings. The first kappa shape index (κ1) is 17.0. The number of nitrogens with one attached hydrogen (secondary N) is 1. The zero-order valence-corrected chi connectivity index (χ0v) is 14.0. The average molecular weight is 345 g/mol. The zero-order valence-electron chi connectivity index (χ0n) is 14.0. The number of anilines is 2. The van der Waals surface area contributed by atoms with Crippen LogP contribution in [-0.4, -0.2) is 24.9 Å². The van der Waals surface area contributed by atoms with E-state index in [1.165, 1.54) is 16.8 Å². The molecule has 0 bridgehead atoms. The van der Waals surface area contributed by atoms with E-state index in [9.17, 15) is 13.9 Å². The predicted molar refractivity (Wildman–Crippen MR) is 88.9 cm³/mol. The first-order chi connectivity index (χ1) is 11.8. The summed E-state index contributed by atoms with van der Waals surface area (Å²) in [4.78, 5) is 8.63. The Balaban J connectivity index is 2.05. The SMILES string of the molecule is Cc1cc(C)n(-c2nc(Nc3ccc(F)cc3F)cc(C(C)O)n2)n1. The molecule has 6 nitrogen and oxygen atoms in total. The van der Waals surface area contributed by atoms with Gasteiger partial charge in [0.05, 0.1) is 23.2 Å². The summed E-state index contributed by atoms with van der Waals surface area (Å²) >= 11 is 0. The minimum Gasteiger partial charge on any atom is -0.387 e. The second-order valence-corrected chi connectivity index (χ2v) is 5.74. The minimum absolute atomic E-state index is 0.0657. The maximum atomic E-state index is 13.9. The van der Waals surface area contributed by atoms with Crippen LogP contribution >= 0.6 is 0 Å². The monoisotopic (exact) mass is 345 g/mol. The molecule has 3 aromatic rings. The average Bonchev–Trinajstić information content (AvgIpc) is 2.88. The van der Waals surface area contributed by atoms with Crippen LogP contribution in [0.15, 0.2) is 30.3 Å². The van der Waals surface area contributed by atoms with Crippen LogP contribution in [0.2, 0.25) is 0 Å². The number of hydrogen-bond acceptors (Lipinski definition) is 5. The summed E-state index contributed by atoms with van der Waals surface area (Å²) in [6.07, 6.45) is -0.850. The summed E-state index contributed by atoms with van der Waals surface area (Å²) < 4.78 is 28.5. The van der Waals surface area contributed by atoms with Crippen molar-refractivity contribution in [3.8, 4) is 5.95 Å². The highest BCUT2D eigenvalue weighted by atomic mass is 19.1. The van der Waals surface area contributed by atoms with Gasteiger partial charge in [0.2, 0.25) is 0 Å². The van der Waals surface area contributed by atoms with Crippen LogP contribution < -0.4 is 5.32 Å². The lowest BCUT2D eigenvalue weighted by Crippen LogP contribution is -2.10. The van der Waals surface area contributed by atoms with Gasteiger partial charge in [-0.25, -0.2) is 18.4 Å². The summed E-state index contributed by atoms with van der Waals surface area (Å²) in [7, 11) is 0. The number of halogens is 2. The summed E-state index contributed by atoms with van der Waals surface area (Å²) in [6.45, 7) is 5.26. The highest BCUT2D eigenvalue weighted by molar-refractivity contribution is 5.57. The van der Waals surface area contributed by atoms with Gasteiger partial charge in [0.1, 0.15) is 17.5 Å². The minimum atomic E-state index is -0.850. The smallest absolute Gasteiger partial charge is 0.253 e. The quantitative estimate of drug-likeness (QED) is 0.758. The molecular formula is C17H17F2N5O. The lowest BCUT2D eigenvalue weighted by Gasteiger charge is -2.12. The molecule has 130 valence electrons. The first-order valence-corrected chi connectivity index (χ1v) is 7.66. The van der Waals surface area contributed by atoms with Crippen molar-refractivity contribution < 1.29 is 13.9 Å². The van der Waals surface area contributed by atoms with Gasteiger partial charge < -0.3 is 10.4 Å². The molecular weight excluding hydrogens is 328 g/mol. The van der Waals surface area contributed by atoms with Gasteiger partial charge in [-0.15, -0.1) is 0 Å². The van der Waals surface area contributed by atoms with Crippen LogP contribution in [0.4, 0.5) is 20.3 Å². The topological polar surface area (TPSA) is 75.9 Å². The van der Waals surface area contributed by atoms with Crippen molar-refractivity contribution in [3.05, 3.63) is 59.0 Å². The highest BCUT2D eigenvalue weighted by Crippen LogP contribution is 2.23. The molecule has 1 unspecified atom stereocenters. The Labute approximate surface area is 143 Å². The normalized spacial score (nSPS) is 12.2. The summed E-state index contributed by atoms with van der Waals surface area (Å²) in [5.74, 6) is -0.906. The lowest BCUT2D eigenvalue weighted by atomic mass is 10.2. The Kier molecular flexibility index (Phi) is 4.45. The lowest BCUT2D eigenvalue weighted by molar-refractivity contribution is 0.194. The fourth-order valence-corrected chi connectivity index (χ4v) is 2.39. The van der Waals surface area contributed by atoms with Crippen molar-refractivity contribution in [2.24, 2.45) is 0 Å². The molecule has 2 aromatic heterocycles. The van der Waals surface area contributed by atoms with Crippen molar-refractivity contribution >= 4 is 11.5 Å². The van der Waals surface area contributed by atoms with Crippen molar-refractivity contribution in [1.29, 1.82) is 0 Å². The largest absolute Gasteiger partial charge is 0.387 e. The highest BCUT2D eigenvalue weighted by Gasteiger charge is 2.14. The molecule has 0 spiro atoms. The number of nitrogens with zero attached hydrogens (tertiary/aromatic N) is 4. The molecule has 8 heteroatoms. The molecule has 1 atom stereocenters. The summed E-state index contributed by atoms with van der Waals surface area (Å²) in [6, 6.07) is 6.57. The Hall–Kier alpha value is -2.87. The fraction of sp³-hybridized carbons (Fsp3) is 0.235. The standard InChI is InChI=1S/C17H17F2N5O/c1-9-6-10(2)24(23-9)17-21-15(11(3)25)8-16(22-17)20-14-5-4-12(18)7-13(14)19/h4-8,11,25H,1-3H3,(H,20,21,22). The second-order valence-electron chi connectivity index (χ2n) is 5.74. The Morgan fingerprint density at radius 2 is 1.88 bits per heavy atom. The first-order valence-electron chi connectivity index (χ1n) is 7.66. The second kappa shape index (κ2) is 6.56. The van der Waals surface area contributed by atoms with E-state index >= 15 is 0 Å². The summed E-state index contributed by atoms with van der Waals surface area (Å²) in [5.41, 5.74) is 2.03. The maximum Gasteiger partial charge on any atom is 0.253 e. The third kappa shape index (κ3) is 3.63. The van der Waals surface area contributed by atoms with Crippen LogP contribution in [0, 0.1) is 25.5 Å². The van der Waals surface area contributed by atoms with Gasteiger partial charge in [0.15, 0.2) is 0 Å². The third-order valence-electron chi connectivity index (χ3n) is 3.56. The van der Waals surface area contributed by atoms with Crippen LogP contribution in [0.3, 0.4) is 0 Å².